The van der Waals surface area contributed by atoms with Crippen LogP contribution in [0.15, 0.2) is 0 Å². The van der Waals surface area contributed by atoms with Crippen molar-refractivity contribution in [2.45, 2.75) is 31.4 Å². The van der Waals surface area contributed by atoms with Crippen molar-refractivity contribution < 1.29 is 9.90 Å². The van der Waals surface area contributed by atoms with Gasteiger partial charge in [0.1, 0.15) is 0 Å². The number of aliphatic hydroxyl groups excluding tert-OH is 1. The zero-order valence-electron chi connectivity index (χ0n) is 7.70. The van der Waals surface area contributed by atoms with Gasteiger partial charge < -0.3 is 15.3 Å². The number of rotatable bonds is 4. The SMILES string of the molecule is O=C(CCNC1CC1)N1CC(O)C1. The average Bonchev–Trinajstić information content (AvgIpc) is 2.82. The molecule has 1 heterocycles. The van der Waals surface area contributed by atoms with Gasteiger partial charge in [0.05, 0.1) is 6.10 Å². The summed E-state index contributed by atoms with van der Waals surface area (Å²) in [6, 6.07) is 0.676. The molecule has 74 valence electrons. The Labute approximate surface area is 77.9 Å². The molecule has 0 spiro atoms. The summed E-state index contributed by atoms with van der Waals surface area (Å²) < 4.78 is 0. The van der Waals surface area contributed by atoms with Crippen molar-refractivity contribution >= 4 is 5.91 Å². The van der Waals surface area contributed by atoms with E-state index in [9.17, 15) is 4.79 Å². The highest BCUT2D eigenvalue weighted by molar-refractivity contribution is 5.77. The molecule has 1 aliphatic carbocycles. The summed E-state index contributed by atoms with van der Waals surface area (Å²) in [4.78, 5) is 13.1. The summed E-state index contributed by atoms with van der Waals surface area (Å²) in [5.41, 5.74) is 0. The Morgan fingerprint density at radius 3 is 2.69 bits per heavy atom. The lowest BCUT2D eigenvalue weighted by Gasteiger charge is -2.35. The van der Waals surface area contributed by atoms with Gasteiger partial charge in [-0.1, -0.05) is 0 Å². The molecule has 2 rings (SSSR count). The van der Waals surface area contributed by atoms with Crippen LogP contribution in [0.5, 0.6) is 0 Å². The fourth-order valence-electron chi connectivity index (χ4n) is 1.49. The van der Waals surface area contributed by atoms with Gasteiger partial charge in [0, 0.05) is 32.1 Å². The molecular weight excluding hydrogens is 168 g/mol. The summed E-state index contributed by atoms with van der Waals surface area (Å²) >= 11 is 0. The molecule has 4 nitrogen and oxygen atoms in total. The number of hydrogen-bond acceptors (Lipinski definition) is 3. The predicted octanol–water partition coefficient (Wildman–Crippen LogP) is -0.668. The highest BCUT2D eigenvalue weighted by Gasteiger charge is 2.28. The Bertz CT molecular complexity index is 198. The second-order valence-electron chi connectivity index (χ2n) is 3.93. The third-order valence-electron chi connectivity index (χ3n) is 2.56. The molecule has 0 bridgehead atoms. The minimum absolute atomic E-state index is 0.165. The molecule has 2 aliphatic rings. The van der Waals surface area contributed by atoms with E-state index in [1.54, 1.807) is 4.90 Å². The number of aliphatic hydroxyl groups is 1. The standard InChI is InChI=1S/C9H16N2O2/c12-8-5-11(6-8)9(13)3-4-10-7-1-2-7/h7-8,10,12H,1-6H2. The third-order valence-corrected chi connectivity index (χ3v) is 2.56. The molecule has 0 atom stereocenters. The van der Waals surface area contributed by atoms with Gasteiger partial charge in [0.25, 0.3) is 0 Å². The van der Waals surface area contributed by atoms with Crippen molar-refractivity contribution in [2.24, 2.45) is 0 Å². The number of likely N-dealkylation sites (tertiary alicyclic amines) is 1. The molecular formula is C9H16N2O2. The largest absolute Gasteiger partial charge is 0.389 e. The van der Waals surface area contributed by atoms with E-state index in [-0.39, 0.29) is 12.0 Å². The number of hydrogen-bond donors (Lipinski definition) is 2. The van der Waals surface area contributed by atoms with Crippen LogP contribution >= 0.6 is 0 Å². The quantitative estimate of drug-likeness (QED) is 0.609. The minimum Gasteiger partial charge on any atom is -0.389 e. The number of amides is 1. The first kappa shape index (κ1) is 8.97. The van der Waals surface area contributed by atoms with Gasteiger partial charge in [-0.2, -0.15) is 0 Å². The average molecular weight is 184 g/mol. The van der Waals surface area contributed by atoms with Crippen molar-refractivity contribution in [3.8, 4) is 0 Å². The van der Waals surface area contributed by atoms with E-state index >= 15 is 0 Å². The van der Waals surface area contributed by atoms with Crippen LogP contribution in [0.4, 0.5) is 0 Å². The van der Waals surface area contributed by atoms with Crippen molar-refractivity contribution in [1.29, 1.82) is 0 Å². The predicted molar refractivity (Wildman–Crippen MR) is 48.2 cm³/mol. The topological polar surface area (TPSA) is 52.6 Å². The van der Waals surface area contributed by atoms with Gasteiger partial charge >= 0.3 is 0 Å². The molecule has 0 unspecified atom stereocenters. The molecule has 13 heavy (non-hydrogen) atoms. The molecule has 2 N–H and O–H groups in total. The highest BCUT2D eigenvalue weighted by Crippen LogP contribution is 2.18. The lowest BCUT2D eigenvalue weighted by Crippen LogP contribution is -2.53. The summed E-state index contributed by atoms with van der Waals surface area (Å²) in [5, 5.41) is 12.3. The number of nitrogens with zero attached hydrogens (tertiary/aromatic N) is 1. The molecule has 0 radical (unpaired) electrons. The Balaban J connectivity index is 1.55. The number of carbonyl (C=O) groups is 1. The zero-order valence-corrected chi connectivity index (χ0v) is 7.70. The van der Waals surface area contributed by atoms with Gasteiger partial charge in [0.2, 0.25) is 5.91 Å². The summed E-state index contributed by atoms with van der Waals surface area (Å²) in [6.45, 7) is 1.85. The van der Waals surface area contributed by atoms with E-state index in [4.69, 9.17) is 5.11 Å². The van der Waals surface area contributed by atoms with Crippen LogP contribution in [0.1, 0.15) is 19.3 Å². The molecule has 1 saturated heterocycles. The number of nitrogens with one attached hydrogen (secondary N) is 1. The Hall–Kier alpha value is -0.610. The highest BCUT2D eigenvalue weighted by atomic mass is 16.3. The van der Waals surface area contributed by atoms with Crippen LogP contribution in [0.3, 0.4) is 0 Å². The Kier molecular flexibility index (Phi) is 2.51. The van der Waals surface area contributed by atoms with Gasteiger partial charge in [-0.05, 0) is 12.8 Å². The first-order chi connectivity index (χ1) is 6.25. The van der Waals surface area contributed by atoms with Crippen molar-refractivity contribution in [1.82, 2.24) is 10.2 Å². The summed E-state index contributed by atoms with van der Waals surface area (Å²) in [6.07, 6.45) is 2.82. The fourth-order valence-corrected chi connectivity index (χ4v) is 1.49. The van der Waals surface area contributed by atoms with Crippen molar-refractivity contribution in [3.63, 3.8) is 0 Å². The number of carbonyl (C=O) groups excluding carboxylic acids is 1. The molecule has 0 aromatic carbocycles. The summed E-state index contributed by atoms with van der Waals surface area (Å²) in [5.74, 6) is 0.165. The molecule has 0 aromatic heterocycles. The van der Waals surface area contributed by atoms with Crippen molar-refractivity contribution in [2.75, 3.05) is 19.6 Å². The second-order valence-corrected chi connectivity index (χ2v) is 3.93. The fraction of sp³-hybridized carbons (Fsp3) is 0.889. The minimum atomic E-state index is -0.277. The first-order valence-corrected chi connectivity index (χ1v) is 4.95. The molecule has 0 aromatic rings. The van der Waals surface area contributed by atoms with Crippen LogP contribution in [-0.2, 0) is 4.79 Å². The van der Waals surface area contributed by atoms with E-state index in [1.807, 2.05) is 0 Å². The molecule has 2 fully saturated rings. The maximum Gasteiger partial charge on any atom is 0.224 e. The Morgan fingerprint density at radius 1 is 1.46 bits per heavy atom. The van der Waals surface area contributed by atoms with Gasteiger partial charge in [-0.15, -0.1) is 0 Å². The van der Waals surface area contributed by atoms with E-state index in [0.29, 0.717) is 25.6 Å². The van der Waals surface area contributed by atoms with Gasteiger partial charge in [0.15, 0.2) is 0 Å². The zero-order chi connectivity index (χ0) is 9.26. The molecule has 4 heteroatoms. The van der Waals surface area contributed by atoms with Crippen LogP contribution < -0.4 is 5.32 Å². The monoisotopic (exact) mass is 184 g/mol. The Morgan fingerprint density at radius 2 is 2.15 bits per heavy atom. The van der Waals surface area contributed by atoms with Crippen LogP contribution in [0.25, 0.3) is 0 Å². The lowest BCUT2D eigenvalue weighted by atomic mass is 10.1. The normalized spacial score (nSPS) is 23.0. The number of β-amino-alcohol motifs (C(OH)–C–C–N with tert-alkyl or cyclic N) is 1. The maximum absolute atomic E-state index is 11.3. The van der Waals surface area contributed by atoms with Crippen molar-refractivity contribution in [3.05, 3.63) is 0 Å². The maximum atomic E-state index is 11.3. The van der Waals surface area contributed by atoms with Crippen LogP contribution in [-0.4, -0.2) is 47.7 Å². The summed E-state index contributed by atoms with van der Waals surface area (Å²) in [7, 11) is 0. The van der Waals surface area contributed by atoms with E-state index < -0.39 is 0 Å². The van der Waals surface area contributed by atoms with Crippen LogP contribution in [0, 0.1) is 0 Å². The smallest absolute Gasteiger partial charge is 0.224 e. The molecule has 1 aliphatic heterocycles. The van der Waals surface area contributed by atoms with Crippen LogP contribution in [0.2, 0.25) is 0 Å². The first-order valence-electron chi connectivity index (χ1n) is 4.95. The molecule has 1 saturated carbocycles. The van der Waals surface area contributed by atoms with E-state index in [1.165, 1.54) is 12.8 Å². The van der Waals surface area contributed by atoms with E-state index in [0.717, 1.165) is 6.54 Å². The molecule has 1 amide bonds. The second kappa shape index (κ2) is 3.64. The van der Waals surface area contributed by atoms with E-state index in [2.05, 4.69) is 5.32 Å². The van der Waals surface area contributed by atoms with Gasteiger partial charge in [-0.25, -0.2) is 0 Å². The third kappa shape index (κ3) is 2.42. The van der Waals surface area contributed by atoms with Gasteiger partial charge in [-0.3, -0.25) is 4.79 Å². The lowest BCUT2D eigenvalue weighted by molar-refractivity contribution is -0.141.